The summed E-state index contributed by atoms with van der Waals surface area (Å²) in [7, 11) is -11.3. The minimum absolute atomic E-state index is 0.330. The molecule has 0 saturated carbocycles. The van der Waals surface area contributed by atoms with Crippen LogP contribution in [0.15, 0.2) is 29.2 Å². The van der Waals surface area contributed by atoms with E-state index < -0.39 is 68.5 Å². The van der Waals surface area contributed by atoms with E-state index in [9.17, 15) is 56.3 Å². The van der Waals surface area contributed by atoms with Crippen molar-refractivity contribution in [1.29, 1.82) is 0 Å². The predicted molar refractivity (Wildman–Crippen MR) is 94.9 cm³/mol. The third-order valence-electron chi connectivity index (χ3n) is 4.61. The van der Waals surface area contributed by atoms with E-state index >= 15 is 0 Å². The third-order valence-corrected chi connectivity index (χ3v) is 7.66. The van der Waals surface area contributed by atoms with Crippen LogP contribution in [0.3, 0.4) is 0 Å². The van der Waals surface area contributed by atoms with Crippen molar-refractivity contribution in [2.24, 2.45) is 0 Å². The molecule has 1 fully saturated rings. The Morgan fingerprint density at radius 2 is 1.24 bits per heavy atom. The van der Waals surface area contributed by atoms with Crippen molar-refractivity contribution in [1.82, 2.24) is 14.8 Å². The van der Waals surface area contributed by atoms with Crippen LogP contribution in [0.25, 0.3) is 0 Å². The summed E-state index contributed by atoms with van der Waals surface area (Å²) in [4.78, 5) is -0.330. The molecule has 1 aliphatic heterocycles. The van der Waals surface area contributed by atoms with Gasteiger partial charge in [-0.15, -0.1) is 0 Å². The number of rotatable bonds is 8. The Morgan fingerprint density at radius 3 is 1.70 bits per heavy atom. The summed E-state index contributed by atoms with van der Waals surface area (Å²) < 4.78 is 169. The lowest BCUT2D eigenvalue weighted by Crippen LogP contribution is -2.66. The molecule has 0 aliphatic carbocycles. The van der Waals surface area contributed by atoms with E-state index in [2.05, 4.69) is 5.32 Å². The van der Waals surface area contributed by atoms with Crippen LogP contribution in [-0.4, -0.2) is 65.3 Å². The minimum Gasteiger partial charge on any atom is -0.313 e. The maximum atomic E-state index is 13.9. The van der Waals surface area contributed by atoms with Crippen molar-refractivity contribution in [3.8, 4) is 0 Å². The highest BCUT2D eigenvalue weighted by Crippen LogP contribution is 2.54. The first kappa shape index (κ1) is 27.6. The Bertz CT molecular complexity index is 1070. The molecule has 3 N–H and O–H groups in total. The van der Waals surface area contributed by atoms with E-state index in [0.717, 1.165) is 16.9 Å². The zero-order valence-corrected chi connectivity index (χ0v) is 17.9. The van der Waals surface area contributed by atoms with Crippen LogP contribution in [-0.2, 0) is 20.0 Å². The van der Waals surface area contributed by atoms with E-state index in [1.807, 2.05) is 4.72 Å². The highest BCUT2D eigenvalue weighted by atomic mass is 32.2. The van der Waals surface area contributed by atoms with E-state index in [1.165, 1.54) is 12.1 Å². The number of hydrogen-bond donors (Lipinski definition) is 3. The minimum atomic E-state index is -7.40. The highest BCUT2D eigenvalue weighted by molar-refractivity contribution is 7.90. The van der Waals surface area contributed by atoms with Gasteiger partial charge in [-0.05, 0) is 19.1 Å². The summed E-state index contributed by atoms with van der Waals surface area (Å²) in [5, 5.41) is -4.57. The lowest BCUT2D eigenvalue weighted by molar-refractivity contribution is -0.382. The van der Waals surface area contributed by atoms with Gasteiger partial charge >= 0.3 is 23.3 Å². The molecule has 0 spiro atoms. The first-order chi connectivity index (χ1) is 14.7. The summed E-state index contributed by atoms with van der Waals surface area (Å²) >= 11 is 0. The number of halogens is 9. The van der Waals surface area contributed by atoms with Crippen molar-refractivity contribution < 1.29 is 56.3 Å². The van der Waals surface area contributed by atoms with Crippen LogP contribution in [0.5, 0.6) is 0 Å². The number of nitrogens with one attached hydrogen (secondary N) is 3. The number of sulfonamides is 2. The lowest BCUT2D eigenvalue weighted by atomic mass is 10.1. The van der Waals surface area contributed by atoms with Crippen molar-refractivity contribution in [3.05, 3.63) is 29.8 Å². The molecule has 0 radical (unpaired) electrons. The Kier molecular flexibility index (Phi) is 7.15. The largest absolute Gasteiger partial charge is 0.460 e. The fourth-order valence-electron chi connectivity index (χ4n) is 2.71. The molecule has 0 aromatic heterocycles. The molecule has 1 heterocycles. The molecule has 190 valence electrons. The SMILES string of the molecule is Cc1ccc(S(=O)(=O)N[C@@H]2CNC[C@H]2NS(=O)(=O)C(F)(F)C(F)(F)C(F)(F)C(F)(F)F)cc1. The standard InChI is InChI=1S/C15H16F9N3O4S2/c1-8-2-4-9(5-3-8)32(28,29)26-10-6-25-7-11(10)27-33(30,31)15(23,24)13(18,19)12(16,17)14(20,21)22/h2-5,10-11,25-27H,6-7H2,1H3/t10-,11-/m1/s1. The van der Waals surface area contributed by atoms with Crippen LogP contribution in [0.2, 0.25) is 0 Å². The molecule has 18 heteroatoms. The van der Waals surface area contributed by atoms with E-state index in [-0.39, 0.29) is 4.90 Å². The molecular weight excluding hydrogens is 521 g/mol. The van der Waals surface area contributed by atoms with Crippen LogP contribution in [0.4, 0.5) is 39.5 Å². The predicted octanol–water partition coefficient (Wildman–Crippen LogP) is 1.96. The van der Waals surface area contributed by atoms with Gasteiger partial charge in [0, 0.05) is 13.1 Å². The Hall–Kier alpha value is -1.63. The lowest BCUT2D eigenvalue weighted by Gasteiger charge is -2.34. The second kappa shape index (κ2) is 8.54. The van der Waals surface area contributed by atoms with Gasteiger partial charge in [-0.2, -0.15) is 39.5 Å². The average Bonchev–Trinajstić information content (AvgIpc) is 3.06. The fourth-order valence-corrected chi connectivity index (χ4v) is 5.25. The fraction of sp³-hybridized carbons (Fsp3) is 0.600. The van der Waals surface area contributed by atoms with Gasteiger partial charge in [0.15, 0.2) is 0 Å². The molecule has 1 saturated heterocycles. The first-order valence-electron chi connectivity index (χ1n) is 8.69. The smallest absolute Gasteiger partial charge is 0.313 e. The molecule has 0 bridgehead atoms. The van der Waals surface area contributed by atoms with Gasteiger partial charge in [0.25, 0.3) is 10.0 Å². The van der Waals surface area contributed by atoms with Gasteiger partial charge < -0.3 is 5.32 Å². The molecular formula is C15H16F9N3O4S2. The molecule has 2 atom stereocenters. The Labute approximate surface area is 181 Å². The summed E-state index contributed by atoms with van der Waals surface area (Å²) in [5.74, 6) is -14.8. The number of hydrogen-bond acceptors (Lipinski definition) is 5. The normalized spacial score (nSPS) is 21.4. The van der Waals surface area contributed by atoms with E-state index in [0.29, 0.717) is 5.56 Å². The van der Waals surface area contributed by atoms with Gasteiger partial charge in [-0.3, -0.25) is 0 Å². The Balaban J connectivity index is 2.30. The van der Waals surface area contributed by atoms with Gasteiger partial charge in [0.1, 0.15) is 0 Å². The van der Waals surface area contributed by atoms with Crippen LogP contribution < -0.4 is 14.8 Å². The molecule has 7 nitrogen and oxygen atoms in total. The third kappa shape index (κ3) is 4.94. The monoisotopic (exact) mass is 537 g/mol. The summed E-state index contributed by atoms with van der Waals surface area (Å²) in [6, 6.07) is 1.56. The van der Waals surface area contributed by atoms with Crippen molar-refractivity contribution in [2.75, 3.05) is 13.1 Å². The van der Waals surface area contributed by atoms with Gasteiger partial charge in [-0.25, -0.2) is 26.3 Å². The molecule has 33 heavy (non-hydrogen) atoms. The van der Waals surface area contributed by atoms with Gasteiger partial charge in [0.05, 0.1) is 17.0 Å². The van der Waals surface area contributed by atoms with Gasteiger partial charge in [-0.1, -0.05) is 17.7 Å². The van der Waals surface area contributed by atoms with Crippen LogP contribution in [0, 0.1) is 6.92 Å². The molecule has 1 aliphatic rings. The molecule has 0 unspecified atom stereocenters. The molecule has 2 rings (SSSR count). The van der Waals surface area contributed by atoms with Crippen molar-refractivity contribution in [3.63, 3.8) is 0 Å². The van der Waals surface area contributed by atoms with E-state index in [4.69, 9.17) is 0 Å². The second-order valence-corrected chi connectivity index (χ2v) is 10.6. The second-order valence-electron chi connectivity index (χ2n) is 7.09. The summed E-state index contributed by atoms with van der Waals surface area (Å²) in [6.07, 6.45) is -7.20. The first-order valence-corrected chi connectivity index (χ1v) is 11.7. The van der Waals surface area contributed by atoms with E-state index in [1.54, 1.807) is 6.92 Å². The Morgan fingerprint density at radius 1 is 0.788 bits per heavy atom. The van der Waals surface area contributed by atoms with Crippen LogP contribution >= 0.6 is 0 Å². The zero-order chi connectivity index (χ0) is 25.7. The number of aryl methyl sites for hydroxylation is 1. The molecule has 0 amide bonds. The van der Waals surface area contributed by atoms with Crippen LogP contribution in [0.1, 0.15) is 5.56 Å². The highest BCUT2D eigenvalue weighted by Gasteiger charge is 2.85. The van der Waals surface area contributed by atoms with Crippen molar-refractivity contribution >= 4 is 20.0 Å². The number of benzene rings is 1. The van der Waals surface area contributed by atoms with Gasteiger partial charge in [0.2, 0.25) is 10.0 Å². The maximum absolute atomic E-state index is 13.9. The average molecular weight is 537 g/mol. The topological polar surface area (TPSA) is 104 Å². The summed E-state index contributed by atoms with van der Waals surface area (Å²) in [5.41, 5.74) is 0.668. The number of alkyl halides is 9. The summed E-state index contributed by atoms with van der Waals surface area (Å²) in [6.45, 7) is 0.574. The maximum Gasteiger partial charge on any atom is 0.460 e. The zero-order valence-electron chi connectivity index (χ0n) is 16.2. The molecule has 1 aromatic rings. The molecule has 1 aromatic carbocycles. The van der Waals surface area contributed by atoms with Crippen molar-refractivity contribution in [2.45, 2.75) is 47.2 Å². The quantitative estimate of drug-likeness (QED) is 0.440.